The molecule has 0 N–H and O–H groups in total. The molecule has 0 radical (unpaired) electrons. The van der Waals surface area contributed by atoms with E-state index < -0.39 is 0 Å². The Balaban J connectivity index is 1.56. The van der Waals surface area contributed by atoms with Crippen LogP contribution in [0.5, 0.6) is 5.75 Å². The van der Waals surface area contributed by atoms with Crippen molar-refractivity contribution in [3.05, 3.63) is 104 Å². The molecule has 3 aromatic carbocycles. The summed E-state index contributed by atoms with van der Waals surface area (Å²) in [6.07, 6.45) is 5.19. The molecular formula is C30H26Cl2N2O2S. The van der Waals surface area contributed by atoms with Crippen LogP contribution in [0.2, 0.25) is 10.0 Å². The number of ether oxygens (including phenoxy) is 1. The van der Waals surface area contributed by atoms with Crippen molar-refractivity contribution in [2.75, 3.05) is 7.11 Å². The van der Waals surface area contributed by atoms with Crippen molar-refractivity contribution in [1.29, 1.82) is 0 Å². The molecule has 1 saturated carbocycles. The normalized spacial score (nSPS) is 15.4. The molecule has 7 heteroatoms. The minimum atomic E-state index is -0.162. The van der Waals surface area contributed by atoms with Crippen molar-refractivity contribution in [2.24, 2.45) is 0 Å². The van der Waals surface area contributed by atoms with E-state index in [1.54, 1.807) is 17.7 Å². The zero-order valence-corrected chi connectivity index (χ0v) is 22.8. The van der Waals surface area contributed by atoms with E-state index in [9.17, 15) is 4.79 Å². The molecule has 2 aliphatic rings. The number of nitrogens with zero attached hydrogens (tertiary/aromatic N) is 2. The molecule has 6 rings (SSSR count). The Labute approximate surface area is 230 Å². The molecule has 2 aliphatic carbocycles. The highest BCUT2D eigenvalue weighted by Crippen LogP contribution is 2.50. The minimum Gasteiger partial charge on any atom is -0.497 e. The van der Waals surface area contributed by atoms with E-state index in [-0.39, 0.29) is 11.0 Å². The van der Waals surface area contributed by atoms with Gasteiger partial charge in [0, 0.05) is 26.8 Å². The number of hydrogen-bond acceptors (Lipinski definition) is 4. The maximum Gasteiger partial charge on any atom is 0.263 e. The Morgan fingerprint density at radius 1 is 1.03 bits per heavy atom. The first-order chi connectivity index (χ1) is 18.0. The first-order valence-electron chi connectivity index (χ1n) is 12.5. The highest BCUT2D eigenvalue weighted by Gasteiger charge is 2.44. The Kier molecular flexibility index (Phi) is 6.56. The van der Waals surface area contributed by atoms with E-state index in [0.717, 1.165) is 65.9 Å². The van der Waals surface area contributed by atoms with Crippen molar-refractivity contribution < 1.29 is 4.74 Å². The standard InChI is InChI=1S/C30H26Cl2N2O2S/c1-36-23-12-10-22(11-13-23)34-28(35)26-27(33-29(34)37-18-20-8-9-21(31)16-25(20)32)24-7-3-2-6-19(24)17-30(26)14-4-5-15-30/h2-3,6-13,16H,4-5,14-15,17-18H2,1H3. The Hall–Kier alpha value is -2.73. The average Bonchev–Trinajstić information content (AvgIpc) is 3.36. The van der Waals surface area contributed by atoms with E-state index in [2.05, 4.69) is 18.2 Å². The SMILES string of the molecule is COc1ccc(-n2c(SCc3ccc(Cl)cc3Cl)nc3c(c2=O)C2(CCCC2)Cc2ccccc2-3)cc1. The number of benzene rings is 3. The first kappa shape index (κ1) is 24.6. The van der Waals surface area contributed by atoms with Gasteiger partial charge in [-0.3, -0.25) is 9.36 Å². The number of halogens is 2. The zero-order chi connectivity index (χ0) is 25.6. The van der Waals surface area contributed by atoms with Crippen molar-refractivity contribution in [3.8, 4) is 22.7 Å². The summed E-state index contributed by atoms with van der Waals surface area (Å²) in [5.41, 5.74) is 5.63. The first-order valence-corrected chi connectivity index (χ1v) is 14.2. The lowest BCUT2D eigenvalue weighted by Crippen LogP contribution is -2.40. The molecule has 1 fully saturated rings. The smallest absolute Gasteiger partial charge is 0.263 e. The minimum absolute atomic E-state index is 0.0243. The average molecular weight is 550 g/mol. The number of aromatic nitrogens is 2. The molecule has 1 spiro atoms. The van der Waals surface area contributed by atoms with Gasteiger partial charge in [-0.1, -0.05) is 78.1 Å². The summed E-state index contributed by atoms with van der Waals surface area (Å²) in [5, 5.41) is 1.84. The summed E-state index contributed by atoms with van der Waals surface area (Å²) in [6.45, 7) is 0. The fourth-order valence-corrected chi connectivity index (χ4v) is 7.41. The third-order valence-corrected chi connectivity index (χ3v) is 9.22. The van der Waals surface area contributed by atoms with Gasteiger partial charge in [-0.15, -0.1) is 0 Å². The summed E-state index contributed by atoms with van der Waals surface area (Å²) in [4.78, 5) is 19.8. The van der Waals surface area contributed by atoms with Crippen LogP contribution in [0.15, 0.2) is 76.7 Å². The van der Waals surface area contributed by atoms with Crippen molar-refractivity contribution in [3.63, 3.8) is 0 Å². The van der Waals surface area contributed by atoms with Gasteiger partial charge in [0.25, 0.3) is 5.56 Å². The fraction of sp³-hybridized carbons (Fsp3) is 0.267. The van der Waals surface area contributed by atoms with Gasteiger partial charge in [0.1, 0.15) is 5.75 Å². The molecule has 4 aromatic rings. The lowest BCUT2D eigenvalue weighted by molar-refractivity contribution is 0.414. The molecule has 0 aliphatic heterocycles. The number of rotatable bonds is 5. The van der Waals surface area contributed by atoms with E-state index in [1.165, 1.54) is 17.3 Å². The lowest BCUT2D eigenvalue weighted by atomic mass is 9.68. The zero-order valence-electron chi connectivity index (χ0n) is 20.5. The van der Waals surface area contributed by atoms with Crippen LogP contribution in [0.3, 0.4) is 0 Å². The van der Waals surface area contributed by atoms with Crippen LogP contribution < -0.4 is 10.3 Å². The molecule has 0 unspecified atom stereocenters. The summed E-state index contributed by atoms with van der Waals surface area (Å²) >= 11 is 14.1. The second-order valence-electron chi connectivity index (χ2n) is 9.80. The summed E-state index contributed by atoms with van der Waals surface area (Å²) < 4.78 is 7.14. The second kappa shape index (κ2) is 9.86. The van der Waals surface area contributed by atoms with Crippen molar-refractivity contribution >= 4 is 35.0 Å². The molecule has 37 heavy (non-hydrogen) atoms. The van der Waals surface area contributed by atoms with Crippen LogP contribution in [0.4, 0.5) is 0 Å². The quantitative estimate of drug-likeness (QED) is 0.188. The Morgan fingerprint density at radius 3 is 2.51 bits per heavy atom. The molecule has 0 bridgehead atoms. The van der Waals surface area contributed by atoms with Crippen molar-refractivity contribution in [2.45, 2.75) is 48.4 Å². The van der Waals surface area contributed by atoms with Crippen LogP contribution in [0.1, 0.15) is 42.4 Å². The molecule has 188 valence electrons. The Morgan fingerprint density at radius 2 is 1.78 bits per heavy atom. The third kappa shape index (κ3) is 4.37. The van der Waals surface area contributed by atoms with Crippen LogP contribution in [-0.2, 0) is 17.6 Å². The van der Waals surface area contributed by atoms with Gasteiger partial charge in [-0.2, -0.15) is 0 Å². The van der Waals surface area contributed by atoms with Crippen LogP contribution in [0, 0.1) is 0 Å². The number of hydrogen-bond donors (Lipinski definition) is 0. The molecule has 0 atom stereocenters. The predicted molar refractivity (Wildman–Crippen MR) is 152 cm³/mol. The topological polar surface area (TPSA) is 44.1 Å². The van der Waals surface area contributed by atoms with Gasteiger partial charge in [-0.05, 0) is 66.8 Å². The number of thioether (sulfide) groups is 1. The van der Waals surface area contributed by atoms with E-state index in [1.807, 2.05) is 42.5 Å². The van der Waals surface area contributed by atoms with Gasteiger partial charge in [0.15, 0.2) is 5.16 Å². The van der Waals surface area contributed by atoms with E-state index >= 15 is 0 Å². The largest absolute Gasteiger partial charge is 0.497 e. The monoisotopic (exact) mass is 548 g/mol. The molecule has 4 nitrogen and oxygen atoms in total. The fourth-order valence-electron chi connectivity index (χ4n) is 5.85. The number of methoxy groups -OCH3 is 1. The van der Waals surface area contributed by atoms with Crippen LogP contribution in [0.25, 0.3) is 16.9 Å². The molecule has 1 aromatic heterocycles. The van der Waals surface area contributed by atoms with Gasteiger partial charge in [0.05, 0.1) is 24.1 Å². The highest BCUT2D eigenvalue weighted by molar-refractivity contribution is 7.98. The molecule has 1 heterocycles. The van der Waals surface area contributed by atoms with E-state index in [0.29, 0.717) is 21.0 Å². The molecule has 0 amide bonds. The van der Waals surface area contributed by atoms with Gasteiger partial charge >= 0.3 is 0 Å². The van der Waals surface area contributed by atoms with Gasteiger partial charge in [0.2, 0.25) is 0 Å². The van der Waals surface area contributed by atoms with Gasteiger partial charge in [-0.25, -0.2) is 4.98 Å². The number of fused-ring (bicyclic) bond motifs is 4. The van der Waals surface area contributed by atoms with E-state index in [4.69, 9.17) is 32.9 Å². The summed E-state index contributed by atoms with van der Waals surface area (Å²) in [6, 6.07) is 21.5. The summed E-state index contributed by atoms with van der Waals surface area (Å²) in [5.74, 6) is 1.30. The lowest BCUT2D eigenvalue weighted by Gasteiger charge is -2.36. The second-order valence-corrected chi connectivity index (χ2v) is 11.6. The maximum absolute atomic E-state index is 14.5. The van der Waals surface area contributed by atoms with Crippen LogP contribution >= 0.6 is 35.0 Å². The summed E-state index contributed by atoms with van der Waals surface area (Å²) in [7, 11) is 1.64. The maximum atomic E-state index is 14.5. The van der Waals surface area contributed by atoms with Crippen LogP contribution in [-0.4, -0.2) is 16.7 Å². The van der Waals surface area contributed by atoms with Crippen molar-refractivity contribution in [1.82, 2.24) is 9.55 Å². The Bertz CT molecular complexity index is 1540. The molecule has 0 saturated heterocycles. The predicted octanol–water partition coefficient (Wildman–Crippen LogP) is 7.88. The third-order valence-electron chi connectivity index (χ3n) is 7.65. The molecular weight excluding hydrogens is 523 g/mol. The van der Waals surface area contributed by atoms with Gasteiger partial charge < -0.3 is 4.74 Å². The highest BCUT2D eigenvalue weighted by atomic mass is 35.5.